The Balaban J connectivity index is 1.63. The molecule has 4 aromatic carbocycles. The average Bonchev–Trinajstić information content (AvgIpc) is 3.00. The van der Waals surface area contributed by atoms with E-state index in [1.807, 2.05) is 30.3 Å². The van der Waals surface area contributed by atoms with Crippen LogP contribution in [-0.2, 0) is 4.79 Å². The molecule has 200 valence electrons. The van der Waals surface area contributed by atoms with Crippen LogP contribution in [0.2, 0.25) is 0 Å². The zero-order valence-electron chi connectivity index (χ0n) is 22.1. The van der Waals surface area contributed by atoms with Crippen LogP contribution in [0.25, 0.3) is 6.08 Å². The zero-order valence-corrected chi connectivity index (χ0v) is 23.1. The van der Waals surface area contributed by atoms with Crippen LogP contribution >= 0.6 is 7.26 Å². The molecule has 1 atom stereocenters. The van der Waals surface area contributed by atoms with Crippen LogP contribution in [0.5, 0.6) is 0 Å². The third-order valence-electron chi connectivity index (χ3n) is 7.03. The number of carbonyl (C=O) groups excluding carboxylic acids is 2. The normalized spacial score (nSPS) is 12.7. The third-order valence-corrected chi connectivity index (χ3v) is 12.2. The Bertz CT molecular complexity index is 1320. The number of carbonyl (C=O) groups is 2. The topological polar surface area (TPSA) is 81.7 Å². The molecule has 2 amide bonds. The van der Waals surface area contributed by atoms with E-state index in [-0.39, 0.29) is 11.9 Å². The standard InChI is InChI=1S/C32H34N3O3P/c1-25(35(2)33-32(37)27-14-12-13-26(23-27)21-22-31(36)34-38)24-39(28-15-6-3-7-16-28,29-17-8-4-9-18-29)30-19-10-5-11-20-30/h3-23,25,38-39H,24H2,1-2H3,(H,33,37)(H,34,36)/b22-21+. The number of hydrogen-bond donors (Lipinski definition) is 3. The van der Waals surface area contributed by atoms with Crippen molar-refractivity contribution in [2.75, 3.05) is 13.2 Å². The number of rotatable bonds is 10. The Morgan fingerprint density at radius 1 is 0.821 bits per heavy atom. The van der Waals surface area contributed by atoms with E-state index < -0.39 is 13.2 Å². The van der Waals surface area contributed by atoms with Crippen LogP contribution in [0.1, 0.15) is 22.8 Å². The van der Waals surface area contributed by atoms with Crippen LogP contribution in [0, 0.1) is 0 Å². The van der Waals surface area contributed by atoms with E-state index in [0.717, 1.165) is 6.16 Å². The molecule has 0 aromatic heterocycles. The predicted molar refractivity (Wildman–Crippen MR) is 162 cm³/mol. The monoisotopic (exact) mass is 539 g/mol. The Labute approximate surface area is 230 Å². The van der Waals surface area contributed by atoms with E-state index >= 15 is 0 Å². The summed E-state index contributed by atoms with van der Waals surface area (Å²) in [5.74, 6) is -0.876. The number of benzene rings is 4. The van der Waals surface area contributed by atoms with Gasteiger partial charge in [-0.2, -0.15) is 0 Å². The Morgan fingerprint density at radius 3 is 1.82 bits per heavy atom. The van der Waals surface area contributed by atoms with Gasteiger partial charge in [0, 0.05) is 0 Å². The van der Waals surface area contributed by atoms with Gasteiger partial charge >= 0.3 is 225 Å². The first-order valence-electron chi connectivity index (χ1n) is 12.9. The number of amides is 2. The van der Waals surface area contributed by atoms with E-state index in [1.165, 1.54) is 28.1 Å². The summed E-state index contributed by atoms with van der Waals surface area (Å²) in [7, 11) is -0.574. The number of hydrazine groups is 1. The summed E-state index contributed by atoms with van der Waals surface area (Å²) in [6.45, 7) is 2.14. The van der Waals surface area contributed by atoms with Crippen molar-refractivity contribution in [1.29, 1.82) is 0 Å². The maximum absolute atomic E-state index is 13.2. The van der Waals surface area contributed by atoms with Crippen molar-refractivity contribution in [2.45, 2.75) is 13.0 Å². The average molecular weight is 540 g/mol. The number of nitrogens with zero attached hydrogens (tertiary/aromatic N) is 1. The van der Waals surface area contributed by atoms with Crippen molar-refractivity contribution in [2.24, 2.45) is 0 Å². The molecule has 1 unspecified atom stereocenters. The first-order chi connectivity index (χ1) is 18.9. The summed E-state index contributed by atoms with van der Waals surface area (Å²) in [4.78, 5) is 24.5. The first-order valence-corrected chi connectivity index (χ1v) is 15.1. The van der Waals surface area contributed by atoms with Gasteiger partial charge in [0.1, 0.15) is 0 Å². The molecular formula is C32H34N3O3P. The molecule has 0 saturated heterocycles. The quantitative estimate of drug-likeness (QED) is 0.124. The second-order valence-corrected chi connectivity index (χ2v) is 13.5. The summed E-state index contributed by atoms with van der Waals surface area (Å²) < 4.78 is 0. The summed E-state index contributed by atoms with van der Waals surface area (Å²) in [6, 6.07) is 39.1. The summed E-state index contributed by atoms with van der Waals surface area (Å²) in [5.41, 5.74) is 5.75. The molecule has 6 nitrogen and oxygen atoms in total. The molecule has 0 heterocycles. The molecule has 0 aliphatic heterocycles. The fraction of sp³-hybridized carbons (Fsp3) is 0.125. The SMILES string of the molecule is CC(C[PH](c1ccccc1)(c1ccccc1)c1ccccc1)N(C)NC(=O)c1cccc(/C=C/C(=O)NO)c1. The fourth-order valence-corrected chi connectivity index (χ4v) is 10.1. The second kappa shape index (κ2) is 13.1. The molecular weight excluding hydrogens is 505 g/mol. The van der Waals surface area contributed by atoms with E-state index in [0.29, 0.717) is 11.1 Å². The van der Waals surface area contributed by atoms with Crippen LogP contribution in [0.4, 0.5) is 0 Å². The van der Waals surface area contributed by atoms with Crippen LogP contribution in [0.15, 0.2) is 121 Å². The molecule has 7 heteroatoms. The Morgan fingerprint density at radius 2 is 1.33 bits per heavy atom. The van der Waals surface area contributed by atoms with Crippen molar-refractivity contribution in [1.82, 2.24) is 15.9 Å². The first kappa shape index (κ1) is 27.9. The van der Waals surface area contributed by atoms with Gasteiger partial charge in [-0.05, 0) is 0 Å². The van der Waals surface area contributed by atoms with Crippen LogP contribution in [0.3, 0.4) is 0 Å². The van der Waals surface area contributed by atoms with Gasteiger partial charge in [0.05, 0.1) is 0 Å². The summed E-state index contributed by atoms with van der Waals surface area (Å²) in [5, 5.41) is 14.5. The van der Waals surface area contributed by atoms with Gasteiger partial charge in [-0.25, -0.2) is 0 Å². The van der Waals surface area contributed by atoms with Gasteiger partial charge in [0.25, 0.3) is 0 Å². The molecule has 0 fully saturated rings. The van der Waals surface area contributed by atoms with E-state index in [1.54, 1.807) is 29.7 Å². The number of hydrogen-bond acceptors (Lipinski definition) is 4. The summed E-state index contributed by atoms with van der Waals surface area (Å²) >= 11 is 0. The van der Waals surface area contributed by atoms with Gasteiger partial charge in [0.2, 0.25) is 0 Å². The van der Waals surface area contributed by atoms with Crippen molar-refractivity contribution >= 4 is 41.1 Å². The molecule has 0 bridgehead atoms. The molecule has 3 N–H and O–H groups in total. The fourth-order valence-electron chi connectivity index (χ4n) is 4.93. The van der Waals surface area contributed by atoms with Crippen LogP contribution < -0.4 is 26.8 Å². The van der Waals surface area contributed by atoms with Gasteiger partial charge in [-0.1, -0.05) is 0 Å². The Kier molecular flexibility index (Phi) is 9.40. The Hall–Kier alpha value is -4.09. The van der Waals surface area contributed by atoms with E-state index in [4.69, 9.17) is 5.21 Å². The summed E-state index contributed by atoms with van der Waals surface area (Å²) in [6.07, 6.45) is 3.58. The van der Waals surface area contributed by atoms with Gasteiger partial charge in [-0.3, -0.25) is 5.21 Å². The van der Waals surface area contributed by atoms with Crippen molar-refractivity contribution in [3.63, 3.8) is 0 Å². The van der Waals surface area contributed by atoms with E-state index in [2.05, 4.69) is 85.1 Å². The molecule has 0 aliphatic rings. The maximum atomic E-state index is 13.2. The molecule has 4 aromatic rings. The van der Waals surface area contributed by atoms with Gasteiger partial charge in [-0.15, -0.1) is 0 Å². The van der Waals surface area contributed by atoms with Crippen LogP contribution in [-0.4, -0.2) is 41.3 Å². The molecule has 0 aliphatic carbocycles. The molecule has 39 heavy (non-hydrogen) atoms. The second-order valence-electron chi connectivity index (χ2n) is 9.54. The molecule has 0 radical (unpaired) electrons. The third kappa shape index (κ3) is 6.68. The minimum atomic E-state index is -2.47. The van der Waals surface area contributed by atoms with E-state index in [9.17, 15) is 9.59 Å². The predicted octanol–water partition coefficient (Wildman–Crippen LogP) is 3.90. The minimum absolute atomic E-state index is 0.0116. The van der Waals surface area contributed by atoms with Gasteiger partial charge < -0.3 is 0 Å². The van der Waals surface area contributed by atoms with Crippen molar-refractivity contribution < 1.29 is 14.8 Å². The molecule has 0 saturated carbocycles. The zero-order chi connectivity index (χ0) is 27.7. The van der Waals surface area contributed by atoms with Crippen molar-refractivity contribution in [3.8, 4) is 0 Å². The number of hydroxylamine groups is 1. The molecule has 0 spiro atoms. The molecule has 4 rings (SSSR count). The van der Waals surface area contributed by atoms with Crippen molar-refractivity contribution in [3.05, 3.63) is 132 Å². The number of nitrogens with one attached hydrogen (secondary N) is 2. The van der Waals surface area contributed by atoms with Gasteiger partial charge in [0.15, 0.2) is 0 Å².